The highest BCUT2D eigenvalue weighted by atomic mass is 19.4. The molecule has 3 N–H and O–H groups in total. The molecule has 0 bridgehead atoms. The molecule has 0 saturated carbocycles. The van der Waals surface area contributed by atoms with Gasteiger partial charge in [-0.2, -0.15) is 13.2 Å². The topological polar surface area (TPSA) is 83.7 Å². The van der Waals surface area contributed by atoms with Crippen LogP contribution in [0, 0.1) is 5.82 Å². The van der Waals surface area contributed by atoms with Crippen molar-refractivity contribution < 1.29 is 27.1 Å². The minimum absolute atomic E-state index is 0.0687. The third-order valence-corrected chi connectivity index (χ3v) is 5.92. The number of nitrogens with two attached hydrogens (primary N) is 1. The molecule has 0 unspecified atom stereocenters. The van der Waals surface area contributed by atoms with E-state index in [1.807, 2.05) is 14.0 Å². The van der Waals surface area contributed by atoms with Crippen molar-refractivity contribution in [2.24, 2.45) is 5.73 Å². The van der Waals surface area contributed by atoms with Crippen LogP contribution in [0.2, 0.25) is 0 Å². The number of halogens is 4. The third-order valence-electron chi connectivity index (χ3n) is 5.92. The van der Waals surface area contributed by atoms with E-state index in [1.165, 1.54) is 6.20 Å². The lowest BCUT2D eigenvalue weighted by atomic mass is 10.1. The summed E-state index contributed by atoms with van der Waals surface area (Å²) >= 11 is 0. The van der Waals surface area contributed by atoms with Crippen LogP contribution >= 0.6 is 0 Å². The Hall–Kier alpha value is -3.60. The number of piperazine rings is 1. The highest BCUT2D eigenvalue weighted by Gasteiger charge is 2.35. The molecule has 1 saturated heterocycles. The number of likely N-dealkylation sites (N-methyl/N-ethyl adjacent to an activating group) is 1. The molecular formula is C24H25F4N5O2. The number of ether oxygens (including phenoxy) is 1. The van der Waals surface area contributed by atoms with E-state index in [2.05, 4.69) is 20.1 Å². The van der Waals surface area contributed by atoms with Gasteiger partial charge in [0.2, 0.25) is 0 Å². The van der Waals surface area contributed by atoms with Gasteiger partial charge in [-0.3, -0.25) is 9.78 Å². The second-order valence-electron chi connectivity index (χ2n) is 8.26. The van der Waals surface area contributed by atoms with E-state index in [0.717, 1.165) is 44.0 Å². The fourth-order valence-corrected chi connectivity index (χ4v) is 4.08. The Morgan fingerprint density at radius 1 is 1.20 bits per heavy atom. The van der Waals surface area contributed by atoms with Gasteiger partial charge in [-0.05, 0) is 32.2 Å². The molecule has 11 heteroatoms. The molecule has 1 aromatic heterocycles. The minimum Gasteiger partial charge on any atom is -0.492 e. The van der Waals surface area contributed by atoms with Crippen molar-refractivity contribution in [1.29, 1.82) is 0 Å². The molecule has 1 amide bonds. The lowest BCUT2D eigenvalue weighted by Crippen LogP contribution is -2.44. The quantitative estimate of drug-likeness (QED) is 0.498. The van der Waals surface area contributed by atoms with Crippen LogP contribution in [0.15, 0.2) is 36.5 Å². The number of amides is 1. The summed E-state index contributed by atoms with van der Waals surface area (Å²) < 4.78 is 60.4. The molecule has 186 valence electrons. The first-order valence-corrected chi connectivity index (χ1v) is 11.1. The highest BCUT2D eigenvalue weighted by Crippen LogP contribution is 2.40. The maximum atomic E-state index is 14.8. The number of nitrogens with one attached hydrogen (secondary N) is 1. The van der Waals surface area contributed by atoms with E-state index in [-0.39, 0.29) is 11.3 Å². The van der Waals surface area contributed by atoms with Gasteiger partial charge in [0.05, 0.1) is 40.3 Å². The van der Waals surface area contributed by atoms with Gasteiger partial charge >= 0.3 is 6.18 Å². The van der Waals surface area contributed by atoms with E-state index >= 15 is 0 Å². The molecule has 35 heavy (non-hydrogen) atoms. The monoisotopic (exact) mass is 491 g/mol. The molecule has 2 aromatic carbocycles. The Kier molecular flexibility index (Phi) is 6.70. The van der Waals surface area contributed by atoms with Crippen LogP contribution in [0.25, 0.3) is 10.9 Å². The summed E-state index contributed by atoms with van der Waals surface area (Å²) in [5.41, 5.74) is 4.81. The largest absolute Gasteiger partial charge is 0.492 e. The van der Waals surface area contributed by atoms with Crippen molar-refractivity contribution >= 4 is 33.9 Å². The lowest BCUT2D eigenvalue weighted by molar-refractivity contribution is -0.139. The van der Waals surface area contributed by atoms with Gasteiger partial charge in [-0.15, -0.1) is 0 Å². The van der Waals surface area contributed by atoms with E-state index in [4.69, 9.17) is 10.5 Å². The molecule has 7 nitrogen and oxygen atoms in total. The average Bonchev–Trinajstić information content (AvgIpc) is 2.80. The molecule has 3 aromatic rings. The summed E-state index contributed by atoms with van der Waals surface area (Å²) in [5, 5.41) is 3.08. The van der Waals surface area contributed by atoms with Gasteiger partial charge in [-0.25, -0.2) is 4.39 Å². The predicted molar refractivity (Wildman–Crippen MR) is 126 cm³/mol. The van der Waals surface area contributed by atoms with Gasteiger partial charge < -0.3 is 25.6 Å². The molecule has 1 aliphatic heterocycles. The molecule has 0 spiro atoms. The molecule has 0 atom stereocenters. The molecule has 0 aliphatic carbocycles. The van der Waals surface area contributed by atoms with Crippen molar-refractivity contribution in [3.63, 3.8) is 0 Å². The SMILES string of the molecule is CCOc1cc2ncc(C(N)=O)c(Nc3cccc(C(F)(F)F)c3F)c2cc1N1CCN(C)CC1. The zero-order chi connectivity index (χ0) is 25.3. The normalized spacial score (nSPS) is 14.9. The first-order valence-electron chi connectivity index (χ1n) is 11.1. The standard InChI is InChI=1S/C24H25F4N5O2/c1-3-35-20-12-18-14(11-19(20)33-9-7-32(2)8-10-33)22(15(13-30-18)23(29)34)31-17-6-4-5-16(21(17)25)24(26,27)28/h4-6,11-13H,3,7-10H2,1-2H3,(H2,29,34)(H,30,31). The number of carbonyl (C=O) groups excluding carboxylic acids is 1. The smallest absolute Gasteiger partial charge is 0.419 e. The highest BCUT2D eigenvalue weighted by molar-refractivity contribution is 6.08. The zero-order valence-electron chi connectivity index (χ0n) is 19.2. The maximum absolute atomic E-state index is 14.8. The van der Waals surface area contributed by atoms with Gasteiger partial charge in [0.1, 0.15) is 5.75 Å². The number of fused-ring (bicyclic) bond motifs is 1. The average molecular weight is 491 g/mol. The Balaban J connectivity index is 1.89. The van der Waals surface area contributed by atoms with Gasteiger partial charge in [0.15, 0.2) is 5.82 Å². The first-order chi connectivity index (χ1) is 16.6. The zero-order valence-corrected chi connectivity index (χ0v) is 19.2. The number of pyridine rings is 1. The molecule has 1 fully saturated rings. The van der Waals surface area contributed by atoms with Crippen molar-refractivity contribution in [3.8, 4) is 5.75 Å². The number of alkyl halides is 3. The molecule has 0 radical (unpaired) electrons. The van der Waals surface area contributed by atoms with E-state index in [0.29, 0.717) is 29.3 Å². The number of anilines is 3. The summed E-state index contributed by atoms with van der Waals surface area (Å²) in [4.78, 5) is 20.8. The molecule has 2 heterocycles. The third kappa shape index (κ3) is 4.95. The predicted octanol–water partition coefficient (Wildman–Crippen LogP) is 4.39. The number of benzene rings is 2. The lowest BCUT2D eigenvalue weighted by Gasteiger charge is -2.35. The van der Waals surface area contributed by atoms with Crippen LogP contribution in [0.3, 0.4) is 0 Å². The van der Waals surface area contributed by atoms with Crippen LogP contribution in [0.5, 0.6) is 5.75 Å². The second-order valence-corrected chi connectivity index (χ2v) is 8.26. The fraction of sp³-hybridized carbons (Fsp3) is 0.333. The summed E-state index contributed by atoms with van der Waals surface area (Å²) in [6.45, 7) is 5.34. The van der Waals surface area contributed by atoms with Crippen LogP contribution in [0.1, 0.15) is 22.8 Å². The Bertz CT molecular complexity index is 1260. The number of primary amides is 1. The van der Waals surface area contributed by atoms with Gasteiger partial charge in [-0.1, -0.05) is 6.07 Å². The van der Waals surface area contributed by atoms with Crippen molar-refractivity contribution in [1.82, 2.24) is 9.88 Å². The first kappa shape index (κ1) is 24.5. The van der Waals surface area contributed by atoms with Gasteiger partial charge in [0, 0.05) is 43.8 Å². The Morgan fingerprint density at radius 2 is 1.91 bits per heavy atom. The Morgan fingerprint density at radius 3 is 2.54 bits per heavy atom. The second kappa shape index (κ2) is 9.57. The molecular weight excluding hydrogens is 466 g/mol. The maximum Gasteiger partial charge on any atom is 0.419 e. The van der Waals surface area contributed by atoms with Crippen LogP contribution in [-0.4, -0.2) is 55.6 Å². The van der Waals surface area contributed by atoms with E-state index in [1.54, 1.807) is 12.1 Å². The number of rotatable bonds is 6. The fourth-order valence-electron chi connectivity index (χ4n) is 4.08. The Labute approximate surface area is 199 Å². The van der Waals surface area contributed by atoms with Gasteiger partial charge in [0.25, 0.3) is 5.91 Å². The van der Waals surface area contributed by atoms with E-state index < -0.39 is 29.2 Å². The number of hydrogen-bond acceptors (Lipinski definition) is 6. The van der Waals surface area contributed by atoms with Crippen molar-refractivity contribution in [2.45, 2.75) is 13.1 Å². The van der Waals surface area contributed by atoms with Crippen LogP contribution in [-0.2, 0) is 6.18 Å². The number of nitrogens with zero attached hydrogens (tertiary/aromatic N) is 3. The number of carbonyl (C=O) groups is 1. The summed E-state index contributed by atoms with van der Waals surface area (Å²) in [6.07, 6.45) is -3.67. The summed E-state index contributed by atoms with van der Waals surface area (Å²) in [5.74, 6) is -1.75. The molecule has 4 rings (SSSR count). The minimum atomic E-state index is -4.88. The van der Waals surface area contributed by atoms with Crippen LogP contribution in [0.4, 0.5) is 34.6 Å². The van der Waals surface area contributed by atoms with Crippen LogP contribution < -0.4 is 20.7 Å². The van der Waals surface area contributed by atoms with E-state index in [9.17, 15) is 22.4 Å². The van der Waals surface area contributed by atoms with Crippen molar-refractivity contribution in [3.05, 3.63) is 53.5 Å². The van der Waals surface area contributed by atoms with Crippen molar-refractivity contribution in [2.75, 3.05) is 50.1 Å². The summed E-state index contributed by atoms with van der Waals surface area (Å²) in [6, 6.07) is 6.35. The number of hydrogen-bond donors (Lipinski definition) is 2. The molecule has 1 aliphatic rings. The number of aromatic nitrogens is 1. The summed E-state index contributed by atoms with van der Waals surface area (Å²) in [7, 11) is 2.02.